The molecule has 0 bridgehead atoms. The van der Waals surface area contributed by atoms with Crippen LogP contribution in [0, 0.1) is 0 Å². The van der Waals surface area contributed by atoms with E-state index in [0.29, 0.717) is 24.7 Å². The van der Waals surface area contributed by atoms with Crippen LogP contribution < -0.4 is 15.0 Å². The van der Waals surface area contributed by atoms with E-state index in [0.717, 1.165) is 16.9 Å². The highest BCUT2D eigenvalue weighted by Gasteiger charge is 2.31. The number of hydrogen-bond donors (Lipinski definition) is 1. The van der Waals surface area contributed by atoms with Crippen LogP contribution in [0.4, 0.5) is 11.5 Å². The lowest BCUT2D eigenvalue weighted by Crippen LogP contribution is -2.46. The average Bonchev–Trinajstić information content (AvgIpc) is 3.35. The lowest BCUT2D eigenvalue weighted by molar-refractivity contribution is -0.122. The molecule has 1 amide bonds. The maximum atomic E-state index is 12.8. The molecular weight excluding hydrogens is 392 g/mol. The summed E-state index contributed by atoms with van der Waals surface area (Å²) in [6, 6.07) is 17.9. The molecule has 8 heteroatoms. The Hall–Kier alpha value is -4.20. The molecule has 8 nitrogen and oxygen atoms in total. The highest BCUT2D eigenvalue weighted by molar-refractivity contribution is 5.94. The van der Waals surface area contributed by atoms with Gasteiger partial charge in [-0.3, -0.25) is 9.78 Å². The van der Waals surface area contributed by atoms with E-state index in [1.807, 2.05) is 53.3 Å². The van der Waals surface area contributed by atoms with Gasteiger partial charge in [0.15, 0.2) is 11.9 Å². The number of fused-ring (bicyclic) bond motifs is 1. The van der Waals surface area contributed by atoms with Gasteiger partial charge in [0.05, 0.1) is 24.1 Å². The number of nitrogens with zero attached hydrogens (tertiary/aromatic N) is 5. The minimum Gasteiger partial charge on any atom is -0.477 e. The van der Waals surface area contributed by atoms with Crippen molar-refractivity contribution in [1.82, 2.24) is 19.7 Å². The van der Waals surface area contributed by atoms with Crippen LogP contribution in [0.25, 0.3) is 5.69 Å². The molecule has 0 saturated heterocycles. The van der Waals surface area contributed by atoms with Crippen molar-refractivity contribution in [1.29, 1.82) is 0 Å². The first-order valence-corrected chi connectivity index (χ1v) is 9.93. The van der Waals surface area contributed by atoms with E-state index < -0.39 is 6.10 Å². The molecule has 1 aliphatic rings. The predicted octanol–water partition coefficient (Wildman–Crippen LogP) is 3.07. The minimum absolute atomic E-state index is 0.256. The van der Waals surface area contributed by atoms with Crippen molar-refractivity contribution in [3.8, 4) is 11.4 Å². The van der Waals surface area contributed by atoms with Gasteiger partial charge in [0.25, 0.3) is 5.91 Å². The summed E-state index contributed by atoms with van der Waals surface area (Å²) in [5.41, 5.74) is 3.08. The molecule has 1 aliphatic heterocycles. The third-order valence-corrected chi connectivity index (χ3v) is 5.05. The summed E-state index contributed by atoms with van der Waals surface area (Å²) < 4.78 is 7.81. The Morgan fingerprint density at radius 1 is 1.06 bits per heavy atom. The molecule has 0 aliphatic carbocycles. The number of ether oxygens (including phenoxy) is 1. The second kappa shape index (κ2) is 8.27. The summed E-state index contributed by atoms with van der Waals surface area (Å²) >= 11 is 0. The van der Waals surface area contributed by atoms with Crippen molar-refractivity contribution in [2.24, 2.45) is 0 Å². The Morgan fingerprint density at radius 3 is 2.71 bits per heavy atom. The zero-order valence-electron chi connectivity index (χ0n) is 16.6. The third kappa shape index (κ3) is 4.09. The lowest BCUT2D eigenvalue weighted by atomic mass is 10.1. The van der Waals surface area contributed by atoms with Gasteiger partial charge in [0, 0.05) is 31.3 Å². The average molecular weight is 412 g/mol. The van der Waals surface area contributed by atoms with Crippen molar-refractivity contribution in [3.63, 3.8) is 0 Å². The van der Waals surface area contributed by atoms with Crippen LogP contribution >= 0.6 is 0 Å². The number of para-hydroxylation sites is 2. The van der Waals surface area contributed by atoms with Crippen molar-refractivity contribution in [2.45, 2.75) is 12.6 Å². The Kier molecular flexibility index (Phi) is 5.02. The van der Waals surface area contributed by atoms with Gasteiger partial charge in [-0.2, -0.15) is 5.10 Å². The van der Waals surface area contributed by atoms with E-state index in [9.17, 15) is 4.79 Å². The molecule has 154 valence electrons. The van der Waals surface area contributed by atoms with Crippen LogP contribution in [0.5, 0.6) is 5.75 Å². The maximum Gasteiger partial charge on any atom is 0.268 e. The van der Waals surface area contributed by atoms with Crippen molar-refractivity contribution in [2.75, 3.05) is 16.8 Å². The van der Waals surface area contributed by atoms with Crippen LogP contribution in [0.2, 0.25) is 0 Å². The molecule has 0 radical (unpaired) electrons. The Balaban J connectivity index is 1.35. The van der Waals surface area contributed by atoms with E-state index in [1.165, 1.54) is 12.4 Å². The Labute approximate surface area is 179 Å². The first-order valence-electron chi connectivity index (χ1n) is 9.93. The van der Waals surface area contributed by atoms with E-state index in [4.69, 9.17) is 4.74 Å². The monoisotopic (exact) mass is 412 g/mol. The number of hydrogen-bond acceptors (Lipinski definition) is 6. The topological polar surface area (TPSA) is 85.2 Å². The molecule has 3 heterocycles. The third-order valence-electron chi connectivity index (χ3n) is 5.05. The maximum absolute atomic E-state index is 12.8. The van der Waals surface area contributed by atoms with Crippen LogP contribution in [0.3, 0.4) is 0 Å². The lowest BCUT2D eigenvalue weighted by Gasteiger charge is -2.35. The van der Waals surface area contributed by atoms with Gasteiger partial charge >= 0.3 is 0 Å². The quantitative estimate of drug-likeness (QED) is 0.542. The van der Waals surface area contributed by atoms with Gasteiger partial charge in [-0.1, -0.05) is 24.3 Å². The number of carbonyl (C=O) groups is 1. The van der Waals surface area contributed by atoms with Gasteiger partial charge in [-0.15, -0.1) is 0 Å². The molecule has 31 heavy (non-hydrogen) atoms. The molecule has 2 aromatic heterocycles. The van der Waals surface area contributed by atoms with E-state index in [2.05, 4.69) is 37.4 Å². The molecule has 1 unspecified atom stereocenters. The fourth-order valence-corrected chi connectivity index (χ4v) is 3.56. The normalized spacial score (nSPS) is 15.1. The molecule has 4 aromatic rings. The van der Waals surface area contributed by atoms with Gasteiger partial charge in [-0.05, 0) is 35.9 Å². The second-order valence-electron chi connectivity index (χ2n) is 7.15. The number of rotatable bonds is 5. The first kappa shape index (κ1) is 18.8. The number of anilines is 2. The number of aromatic nitrogens is 4. The zero-order chi connectivity index (χ0) is 21.0. The highest BCUT2D eigenvalue weighted by Crippen LogP contribution is 2.34. The summed E-state index contributed by atoms with van der Waals surface area (Å²) in [5.74, 6) is 0.825. The van der Waals surface area contributed by atoms with E-state index in [1.54, 1.807) is 12.4 Å². The van der Waals surface area contributed by atoms with E-state index >= 15 is 0 Å². The van der Waals surface area contributed by atoms with Crippen molar-refractivity contribution >= 4 is 17.4 Å². The molecular formula is C23H20N6O2. The SMILES string of the molecule is O=C(Nc1cnccn1)C1CN(Cc2ccc(-n3cccn3)cc2)c2ccccc2O1. The van der Waals surface area contributed by atoms with Gasteiger partial charge in [-0.25, -0.2) is 9.67 Å². The summed E-state index contributed by atoms with van der Waals surface area (Å²) in [6.45, 7) is 1.07. The predicted molar refractivity (Wildman–Crippen MR) is 116 cm³/mol. The summed E-state index contributed by atoms with van der Waals surface area (Å²) in [4.78, 5) is 23.1. The summed E-state index contributed by atoms with van der Waals surface area (Å²) in [5, 5.41) is 7.04. The molecule has 0 fully saturated rings. The highest BCUT2D eigenvalue weighted by atomic mass is 16.5. The number of benzene rings is 2. The zero-order valence-corrected chi connectivity index (χ0v) is 16.6. The number of carbonyl (C=O) groups excluding carboxylic acids is 1. The number of nitrogens with one attached hydrogen (secondary N) is 1. The van der Waals surface area contributed by atoms with Crippen LogP contribution in [0.1, 0.15) is 5.56 Å². The molecule has 5 rings (SSSR count). The number of amides is 1. The largest absolute Gasteiger partial charge is 0.477 e. The van der Waals surface area contributed by atoms with Gasteiger partial charge in [0.2, 0.25) is 0 Å². The fourth-order valence-electron chi connectivity index (χ4n) is 3.56. The van der Waals surface area contributed by atoms with Gasteiger partial charge < -0.3 is 15.0 Å². The van der Waals surface area contributed by atoms with Crippen LogP contribution in [-0.4, -0.2) is 38.3 Å². The fraction of sp³-hybridized carbons (Fsp3) is 0.130. The standard InChI is InChI=1S/C23H20N6O2/c30-23(27-22-14-24-11-12-25-22)21-16-28(19-4-1-2-5-20(19)31-21)15-17-6-8-18(9-7-17)29-13-3-10-26-29/h1-14,21H,15-16H2,(H,25,27,30). The molecule has 0 spiro atoms. The van der Waals surface area contributed by atoms with Gasteiger partial charge in [0.1, 0.15) is 5.75 Å². The van der Waals surface area contributed by atoms with Crippen molar-refractivity contribution < 1.29 is 9.53 Å². The van der Waals surface area contributed by atoms with E-state index in [-0.39, 0.29) is 5.91 Å². The molecule has 1 N–H and O–H groups in total. The molecule has 2 aromatic carbocycles. The summed E-state index contributed by atoms with van der Waals surface area (Å²) in [6.07, 6.45) is 7.60. The first-order chi connectivity index (χ1) is 15.3. The minimum atomic E-state index is -0.666. The Morgan fingerprint density at radius 2 is 1.94 bits per heavy atom. The second-order valence-corrected chi connectivity index (χ2v) is 7.15. The molecule has 0 saturated carbocycles. The molecule has 1 atom stereocenters. The Bertz CT molecular complexity index is 1160. The van der Waals surface area contributed by atoms with Crippen molar-refractivity contribution in [3.05, 3.63) is 91.1 Å². The summed E-state index contributed by atoms with van der Waals surface area (Å²) in [7, 11) is 0. The van der Waals surface area contributed by atoms with Crippen LogP contribution in [-0.2, 0) is 11.3 Å². The smallest absolute Gasteiger partial charge is 0.268 e. The van der Waals surface area contributed by atoms with Crippen LogP contribution in [0.15, 0.2) is 85.6 Å².